The lowest BCUT2D eigenvalue weighted by molar-refractivity contribution is 0.561. The highest BCUT2D eigenvalue weighted by molar-refractivity contribution is 7.96. The molecule has 2 heteroatoms. The van der Waals surface area contributed by atoms with Crippen LogP contribution < -0.4 is 0 Å². The van der Waals surface area contributed by atoms with Gasteiger partial charge in [-0.25, -0.2) is 0 Å². The summed E-state index contributed by atoms with van der Waals surface area (Å²) in [6.07, 6.45) is 3.34. The molecule has 0 heterocycles. The molecule has 0 saturated heterocycles. The first kappa shape index (κ1) is 7.31. The Balaban J connectivity index is 2.83. The van der Waals surface area contributed by atoms with Crippen LogP contribution in [0.2, 0.25) is 0 Å². The van der Waals surface area contributed by atoms with E-state index in [0.717, 1.165) is 0 Å². The summed E-state index contributed by atoms with van der Waals surface area (Å²) >= 11 is 1.78. The second-order valence-corrected chi connectivity index (χ2v) is 2.52. The largest absolute Gasteiger partial charge is 0.254 e. The smallest absolute Gasteiger partial charge is 0.00834 e. The van der Waals surface area contributed by atoms with E-state index in [-0.39, 0.29) is 0 Å². The highest BCUT2D eigenvalue weighted by atomic mass is 32.2. The Bertz CT molecular complexity index is 39.1. The van der Waals surface area contributed by atoms with Crippen LogP contribution in [0.4, 0.5) is 0 Å². The molecule has 0 N–H and O–H groups in total. The standard InChI is InChI=1S/C5H13NS/c1-4-5-6(2)7-3/h4-5H2,1-3H3. The van der Waals surface area contributed by atoms with Crippen LogP contribution in [-0.2, 0) is 0 Å². The van der Waals surface area contributed by atoms with E-state index in [1.54, 1.807) is 11.9 Å². The van der Waals surface area contributed by atoms with Crippen LogP contribution in [0.1, 0.15) is 13.3 Å². The minimum absolute atomic E-state index is 1.20. The predicted molar refractivity (Wildman–Crippen MR) is 36.4 cm³/mol. The SMILES string of the molecule is CCCN(C)SC. The summed E-state index contributed by atoms with van der Waals surface area (Å²) in [5.74, 6) is 0. The van der Waals surface area contributed by atoms with Crippen molar-refractivity contribution in [3.8, 4) is 0 Å². The van der Waals surface area contributed by atoms with Crippen LogP contribution in [0.5, 0.6) is 0 Å². The molecule has 0 unspecified atom stereocenters. The fourth-order valence-electron chi connectivity index (χ4n) is 0.406. The molecule has 0 bridgehead atoms. The quantitative estimate of drug-likeness (QED) is 0.519. The third-order valence-corrected chi connectivity index (χ3v) is 1.66. The van der Waals surface area contributed by atoms with E-state index in [4.69, 9.17) is 0 Å². The number of nitrogens with zero attached hydrogens (tertiary/aromatic N) is 1. The van der Waals surface area contributed by atoms with Crippen molar-refractivity contribution in [1.29, 1.82) is 0 Å². The Morgan fingerprint density at radius 1 is 1.57 bits per heavy atom. The van der Waals surface area contributed by atoms with Crippen molar-refractivity contribution in [2.75, 3.05) is 19.8 Å². The van der Waals surface area contributed by atoms with Gasteiger partial charge in [0.25, 0.3) is 0 Å². The molecule has 0 fully saturated rings. The monoisotopic (exact) mass is 119 g/mol. The first-order valence-electron chi connectivity index (χ1n) is 2.56. The topological polar surface area (TPSA) is 3.24 Å². The fourth-order valence-corrected chi connectivity index (χ4v) is 0.771. The average Bonchev–Trinajstić information content (AvgIpc) is 1.68. The Kier molecular flexibility index (Phi) is 4.67. The van der Waals surface area contributed by atoms with E-state index in [2.05, 4.69) is 24.5 Å². The van der Waals surface area contributed by atoms with E-state index in [1.165, 1.54) is 13.0 Å². The molecule has 0 saturated carbocycles. The van der Waals surface area contributed by atoms with Crippen LogP contribution in [-0.4, -0.2) is 24.2 Å². The van der Waals surface area contributed by atoms with Gasteiger partial charge in [-0.15, -0.1) is 0 Å². The molecule has 0 aliphatic rings. The van der Waals surface area contributed by atoms with Gasteiger partial charge in [-0.2, -0.15) is 0 Å². The van der Waals surface area contributed by atoms with Gasteiger partial charge in [0, 0.05) is 6.54 Å². The Labute approximate surface area is 50.2 Å². The zero-order chi connectivity index (χ0) is 5.70. The number of hydrogen-bond donors (Lipinski definition) is 0. The van der Waals surface area contributed by atoms with Crippen LogP contribution in [0.15, 0.2) is 0 Å². The van der Waals surface area contributed by atoms with E-state index in [9.17, 15) is 0 Å². The summed E-state index contributed by atoms with van der Waals surface area (Å²) in [4.78, 5) is 0. The van der Waals surface area contributed by atoms with Gasteiger partial charge in [0.2, 0.25) is 0 Å². The highest BCUT2D eigenvalue weighted by Gasteiger charge is 1.87. The molecule has 0 aromatic heterocycles. The van der Waals surface area contributed by atoms with E-state index < -0.39 is 0 Å². The molecule has 0 amide bonds. The zero-order valence-corrected chi connectivity index (χ0v) is 6.09. The molecular weight excluding hydrogens is 106 g/mol. The van der Waals surface area contributed by atoms with Gasteiger partial charge >= 0.3 is 0 Å². The lowest BCUT2D eigenvalue weighted by Crippen LogP contribution is -2.07. The molecule has 0 aliphatic heterocycles. The van der Waals surface area contributed by atoms with Crippen molar-refractivity contribution < 1.29 is 0 Å². The molecule has 0 aromatic rings. The second-order valence-electron chi connectivity index (χ2n) is 1.53. The molecule has 44 valence electrons. The molecule has 0 aromatic carbocycles. The van der Waals surface area contributed by atoms with Crippen molar-refractivity contribution in [3.05, 3.63) is 0 Å². The number of rotatable bonds is 3. The van der Waals surface area contributed by atoms with E-state index >= 15 is 0 Å². The molecule has 0 spiro atoms. The molecule has 7 heavy (non-hydrogen) atoms. The van der Waals surface area contributed by atoms with Gasteiger partial charge in [-0.1, -0.05) is 18.9 Å². The third kappa shape index (κ3) is 4.16. The summed E-state index contributed by atoms with van der Waals surface area (Å²) in [6, 6.07) is 0. The molecule has 0 atom stereocenters. The Morgan fingerprint density at radius 2 is 2.14 bits per heavy atom. The fraction of sp³-hybridized carbons (Fsp3) is 1.00. The first-order valence-corrected chi connectivity index (χ1v) is 3.74. The van der Waals surface area contributed by atoms with Crippen molar-refractivity contribution in [2.24, 2.45) is 0 Å². The minimum atomic E-state index is 1.20. The van der Waals surface area contributed by atoms with Crippen molar-refractivity contribution in [1.82, 2.24) is 4.31 Å². The maximum absolute atomic E-state index is 2.22. The molecule has 0 rings (SSSR count). The van der Waals surface area contributed by atoms with Gasteiger partial charge in [0.1, 0.15) is 0 Å². The molecular formula is C5H13NS. The lowest BCUT2D eigenvalue weighted by Gasteiger charge is -2.08. The number of hydrogen-bond acceptors (Lipinski definition) is 2. The maximum atomic E-state index is 2.22. The van der Waals surface area contributed by atoms with Gasteiger partial charge in [-0.05, 0) is 19.7 Å². The summed E-state index contributed by atoms with van der Waals surface area (Å²) in [7, 11) is 2.11. The van der Waals surface area contributed by atoms with Crippen molar-refractivity contribution in [2.45, 2.75) is 13.3 Å². The maximum Gasteiger partial charge on any atom is 0.00834 e. The van der Waals surface area contributed by atoms with Crippen LogP contribution in [0, 0.1) is 0 Å². The molecule has 1 nitrogen and oxygen atoms in total. The predicted octanol–water partition coefficient (Wildman–Crippen LogP) is 1.61. The Hall–Kier alpha value is 0.310. The highest BCUT2D eigenvalue weighted by Crippen LogP contribution is 1.99. The summed E-state index contributed by atoms with van der Waals surface area (Å²) < 4.78 is 2.22. The van der Waals surface area contributed by atoms with Crippen molar-refractivity contribution >= 4 is 11.9 Å². The lowest BCUT2D eigenvalue weighted by atomic mass is 10.5. The normalized spacial score (nSPS) is 10.3. The zero-order valence-electron chi connectivity index (χ0n) is 5.27. The summed E-state index contributed by atoms with van der Waals surface area (Å²) in [5, 5.41) is 0. The molecule has 0 aliphatic carbocycles. The Morgan fingerprint density at radius 3 is 2.29 bits per heavy atom. The van der Waals surface area contributed by atoms with Gasteiger partial charge < -0.3 is 0 Å². The third-order valence-electron chi connectivity index (χ3n) is 0.850. The van der Waals surface area contributed by atoms with Gasteiger partial charge in [0.05, 0.1) is 0 Å². The van der Waals surface area contributed by atoms with Crippen LogP contribution in [0.3, 0.4) is 0 Å². The van der Waals surface area contributed by atoms with Gasteiger partial charge in [-0.3, -0.25) is 4.31 Å². The van der Waals surface area contributed by atoms with Gasteiger partial charge in [0.15, 0.2) is 0 Å². The summed E-state index contributed by atoms with van der Waals surface area (Å²) in [6.45, 7) is 3.38. The van der Waals surface area contributed by atoms with Crippen LogP contribution >= 0.6 is 11.9 Å². The summed E-state index contributed by atoms with van der Waals surface area (Å²) in [5.41, 5.74) is 0. The van der Waals surface area contributed by atoms with E-state index in [0.29, 0.717) is 0 Å². The first-order chi connectivity index (χ1) is 3.31. The van der Waals surface area contributed by atoms with Crippen LogP contribution in [0.25, 0.3) is 0 Å². The van der Waals surface area contributed by atoms with E-state index in [1.807, 2.05) is 0 Å². The average molecular weight is 119 g/mol. The van der Waals surface area contributed by atoms with Crippen molar-refractivity contribution in [3.63, 3.8) is 0 Å². The second kappa shape index (κ2) is 4.47. The minimum Gasteiger partial charge on any atom is -0.254 e. The molecule has 0 radical (unpaired) electrons.